The van der Waals surface area contributed by atoms with Crippen molar-refractivity contribution in [3.63, 3.8) is 0 Å². The maximum Gasteiger partial charge on any atom is 0.228 e. The Morgan fingerprint density at radius 3 is 2.19 bits per heavy atom. The molecule has 1 aromatic carbocycles. The predicted molar refractivity (Wildman–Crippen MR) is 88.2 cm³/mol. The molecule has 0 heterocycles. The lowest BCUT2D eigenvalue weighted by molar-refractivity contribution is -0.122. The lowest BCUT2D eigenvalue weighted by Crippen LogP contribution is -2.43. The van der Waals surface area contributed by atoms with Crippen molar-refractivity contribution in [2.45, 2.75) is 45.7 Å². The van der Waals surface area contributed by atoms with Crippen LogP contribution in [0.3, 0.4) is 0 Å². The molecular formula is C17H29N3O. The van der Waals surface area contributed by atoms with E-state index in [0.717, 1.165) is 12.1 Å². The van der Waals surface area contributed by atoms with Crippen molar-refractivity contribution in [3.05, 3.63) is 35.9 Å². The van der Waals surface area contributed by atoms with Gasteiger partial charge in [-0.2, -0.15) is 0 Å². The largest absolute Gasteiger partial charge is 0.354 e. The highest BCUT2D eigenvalue weighted by Crippen LogP contribution is 2.14. The third-order valence-corrected chi connectivity index (χ3v) is 3.75. The Morgan fingerprint density at radius 1 is 1.14 bits per heavy atom. The summed E-state index contributed by atoms with van der Waals surface area (Å²) in [5.74, 6) is -0.256. The topological polar surface area (TPSA) is 58.4 Å². The summed E-state index contributed by atoms with van der Waals surface area (Å²) < 4.78 is 0. The van der Waals surface area contributed by atoms with Crippen molar-refractivity contribution in [1.82, 2.24) is 10.2 Å². The molecule has 0 saturated carbocycles. The van der Waals surface area contributed by atoms with Crippen LogP contribution >= 0.6 is 0 Å². The van der Waals surface area contributed by atoms with Gasteiger partial charge in [-0.15, -0.1) is 0 Å². The maximum atomic E-state index is 12.3. The van der Waals surface area contributed by atoms with Gasteiger partial charge in [0.05, 0.1) is 5.92 Å². The molecule has 1 atom stereocenters. The zero-order valence-corrected chi connectivity index (χ0v) is 13.7. The number of nitrogens with one attached hydrogen (secondary N) is 1. The van der Waals surface area contributed by atoms with E-state index in [4.69, 9.17) is 5.73 Å². The minimum absolute atomic E-state index is 0.0103. The van der Waals surface area contributed by atoms with E-state index in [2.05, 4.69) is 37.9 Å². The first-order valence-electron chi connectivity index (χ1n) is 7.75. The number of benzene rings is 1. The number of hydrogen-bond acceptors (Lipinski definition) is 3. The van der Waals surface area contributed by atoms with Gasteiger partial charge in [0.25, 0.3) is 0 Å². The second kappa shape index (κ2) is 8.80. The summed E-state index contributed by atoms with van der Waals surface area (Å²) in [5, 5.41) is 3.01. The van der Waals surface area contributed by atoms with Gasteiger partial charge in [-0.25, -0.2) is 0 Å². The van der Waals surface area contributed by atoms with Gasteiger partial charge in [0.15, 0.2) is 0 Å². The summed E-state index contributed by atoms with van der Waals surface area (Å²) >= 11 is 0. The molecule has 0 fully saturated rings. The Hall–Kier alpha value is -1.39. The number of hydrogen-bond donors (Lipinski definition) is 2. The van der Waals surface area contributed by atoms with Gasteiger partial charge in [-0.05, 0) is 33.3 Å². The second-order valence-corrected chi connectivity index (χ2v) is 5.92. The minimum Gasteiger partial charge on any atom is -0.354 e. The summed E-state index contributed by atoms with van der Waals surface area (Å²) in [4.78, 5) is 14.6. The molecule has 0 aliphatic heterocycles. The van der Waals surface area contributed by atoms with Crippen LogP contribution in [0.5, 0.6) is 0 Å². The summed E-state index contributed by atoms with van der Waals surface area (Å²) in [6, 6.07) is 10.7. The molecule has 0 aliphatic carbocycles. The highest BCUT2D eigenvalue weighted by molar-refractivity contribution is 5.83. The molecule has 1 unspecified atom stereocenters. The second-order valence-electron chi connectivity index (χ2n) is 5.92. The monoisotopic (exact) mass is 291 g/mol. The Morgan fingerprint density at radius 2 is 1.71 bits per heavy atom. The average Bonchev–Trinajstić information content (AvgIpc) is 2.44. The molecule has 1 aromatic rings. The molecule has 3 N–H and O–H groups in total. The fourth-order valence-corrected chi connectivity index (χ4v) is 2.62. The first-order chi connectivity index (χ1) is 9.97. The zero-order chi connectivity index (χ0) is 15.8. The fourth-order valence-electron chi connectivity index (χ4n) is 2.62. The van der Waals surface area contributed by atoms with E-state index in [1.165, 1.54) is 0 Å². The number of amides is 1. The highest BCUT2D eigenvalue weighted by atomic mass is 16.1. The fraction of sp³-hybridized carbons (Fsp3) is 0.588. The van der Waals surface area contributed by atoms with Gasteiger partial charge < -0.3 is 11.1 Å². The predicted octanol–water partition coefficient (Wildman–Crippen LogP) is 1.96. The molecule has 0 aliphatic rings. The van der Waals surface area contributed by atoms with E-state index >= 15 is 0 Å². The molecule has 0 aromatic heterocycles. The normalized spacial score (nSPS) is 13.0. The van der Waals surface area contributed by atoms with E-state index in [0.29, 0.717) is 25.2 Å². The maximum absolute atomic E-state index is 12.3. The standard InChI is InChI=1S/C17H29N3O/c1-13(2)20(14(3)4)11-10-19-17(21)16(12-18)15-8-6-5-7-9-15/h5-9,13-14,16H,10-12,18H2,1-4H3,(H,19,21). The molecule has 4 heteroatoms. The van der Waals surface area contributed by atoms with Crippen LogP contribution in [0.1, 0.15) is 39.2 Å². The van der Waals surface area contributed by atoms with Gasteiger partial charge in [0, 0.05) is 31.7 Å². The summed E-state index contributed by atoms with van der Waals surface area (Å²) in [6.45, 7) is 10.5. The van der Waals surface area contributed by atoms with Crippen molar-refractivity contribution in [2.24, 2.45) is 5.73 Å². The molecular weight excluding hydrogens is 262 g/mol. The van der Waals surface area contributed by atoms with Crippen LogP contribution in [-0.2, 0) is 4.79 Å². The Balaban J connectivity index is 2.52. The van der Waals surface area contributed by atoms with Gasteiger partial charge in [-0.3, -0.25) is 9.69 Å². The van der Waals surface area contributed by atoms with Crippen LogP contribution in [0.2, 0.25) is 0 Å². The first kappa shape index (κ1) is 17.7. The van der Waals surface area contributed by atoms with Gasteiger partial charge in [0.1, 0.15) is 0 Å². The Kier molecular flexibility index (Phi) is 7.40. The van der Waals surface area contributed by atoms with Crippen LogP contribution in [0.15, 0.2) is 30.3 Å². The Labute approximate surface area is 128 Å². The number of carbonyl (C=O) groups excluding carboxylic acids is 1. The Bertz CT molecular complexity index is 409. The molecule has 1 amide bonds. The third kappa shape index (κ3) is 5.48. The van der Waals surface area contributed by atoms with Crippen LogP contribution < -0.4 is 11.1 Å². The van der Waals surface area contributed by atoms with Crippen molar-refractivity contribution in [3.8, 4) is 0 Å². The van der Waals surface area contributed by atoms with Crippen molar-refractivity contribution in [1.29, 1.82) is 0 Å². The van der Waals surface area contributed by atoms with E-state index < -0.39 is 0 Å². The summed E-state index contributed by atoms with van der Waals surface area (Å²) in [7, 11) is 0. The molecule has 0 saturated heterocycles. The van der Waals surface area contributed by atoms with Crippen molar-refractivity contribution in [2.75, 3.05) is 19.6 Å². The van der Waals surface area contributed by atoms with Crippen molar-refractivity contribution < 1.29 is 4.79 Å². The molecule has 118 valence electrons. The molecule has 0 radical (unpaired) electrons. The molecule has 21 heavy (non-hydrogen) atoms. The van der Waals surface area contributed by atoms with Crippen LogP contribution in [0.25, 0.3) is 0 Å². The summed E-state index contributed by atoms with van der Waals surface area (Å²) in [6.07, 6.45) is 0. The summed E-state index contributed by atoms with van der Waals surface area (Å²) in [5.41, 5.74) is 6.74. The van der Waals surface area contributed by atoms with Crippen LogP contribution in [0.4, 0.5) is 0 Å². The number of carbonyl (C=O) groups is 1. The van der Waals surface area contributed by atoms with Crippen LogP contribution in [0, 0.1) is 0 Å². The lowest BCUT2D eigenvalue weighted by atomic mass is 9.98. The van der Waals surface area contributed by atoms with Crippen LogP contribution in [-0.4, -0.2) is 42.5 Å². The quantitative estimate of drug-likeness (QED) is 0.770. The number of rotatable bonds is 8. The van der Waals surface area contributed by atoms with E-state index in [-0.39, 0.29) is 11.8 Å². The molecule has 1 rings (SSSR count). The molecule has 0 bridgehead atoms. The molecule has 4 nitrogen and oxygen atoms in total. The zero-order valence-electron chi connectivity index (χ0n) is 13.7. The van der Waals surface area contributed by atoms with E-state index in [1.54, 1.807) is 0 Å². The SMILES string of the molecule is CC(C)N(CCNC(=O)C(CN)c1ccccc1)C(C)C. The highest BCUT2D eigenvalue weighted by Gasteiger charge is 2.19. The minimum atomic E-state index is -0.266. The van der Waals surface area contributed by atoms with E-state index in [9.17, 15) is 4.79 Å². The lowest BCUT2D eigenvalue weighted by Gasteiger charge is -2.30. The third-order valence-electron chi connectivity index (χ3n) is 3.75. The number of nitrogens with zero attached hydrogens (tertiary/aromatic N) is 1. The van der Waals surface area contributed by atoms with Gasteiger partial charge in [0.2, 0.25) is 5.91 Å². The first-order valence-corrected chi connectivity index (χ1v) is 7.75. The average molecular weight is 291 g/mol. The smallest absolute Gasteiger partial charge is 0.228 e. The van der Waals surface area contributed by atoms with E-state index in [1.807, 2.05) is 30.3 Å². The number of nitrogens with two attached hydrogens (primary N) is 1. The van der Waals surface area contributed by atoms with Crippen molar-refractivity contribution >= 4 is 5.91 Å². The molecule has 0 spiro atoms. The van der Waals surface area contributed by atoms with Gasteiger partial charge >= 0.3 is 0 Å². The van der Waals surface area contributed by atoms with Gasteiger partial charge in [-0.1, -0.05) is 30.3 Å².